The highest BCUT2D eigenvalue weighted by molar-refractivity contribution is 5.79. The second-order valence-electron chi connectivity index (χ2n) is 8.68. The van der Waals surface area contributed by atoms with Gasteiger partial charge in [-0.15, -0.1) is 0 Å². The maximum Gasteiger partial charge on any atom is 0.225 e. The molecule has 0 bridgehead atoms. The number of methoxy groups -OCH3 is 2. The number of carbonyl (C=O) groups excluding carboxylic acids is 1. The summed E-state index contributed by atoms with van der Waals surface area (Å²) in [6.07, 6.45) is 9.09. The van der Waals surface area contributed by atoms with E-state index >= 15 is 0 Å². The smallest absolute Gasteiger partial charge is 0.225 e. The van der Waals surface area contributed by atoms with Crippen molar-refractivity contribution in [3.63, 3.8) is 0 Å². The van der Waals surface area contributed by atoms with Crippen LogP contribution in [0.5, 0.6) is 11.5 Å². The number of carbonyl (C=O) groups is 1. The fourth-order valence-electron chi connectivity index (χ4n) is 4.65. The number of amides is 1. The van der Waals surface area contributed by atoms with Gasteiger partial charge in [-0.25, -0.2) is 0 Å². The summed E-state index contributed by atoms with van der Waals surface area (Å²) in [5.41, 5.74) is 7.88. The van der Waals surface area contributed by atoms with E-state index in [1.54, 1.807) is 26.5 Å². The number of nitrogens with two attached hydrogens (primary N) is 1. The number of allylic oxidation sites excluding steroid dienone is 2. The van der Waals surface area contributed by atoms with Crippen LogP contribution < -0.4 is 15.2 Å². The van der Waals surface area contributed by atoms with Gasteiger partial charge < -0.3 is 20.1 Å². The lowest BCUT2D eigenvalue weighted by molar-refractivity contribution is -0.138. The molecule has 2 N–H and O–H groups in total. The van der Waals surface area contributed by atoms with E-state index in [1.165, 1.54) is 5.56 Å². The number of nitrogens with zero attached hydrogens (tertiary/aromatic N) is 3. The molecule has 0 unspecified atom stereocenters. The lowest BCUT2D eigenvalue weighted by atomic mass is 9.94. The molecule has 0 spiro atoms. The minimum Gasteiger partial charge on any atom is -0.493 e. The van der Waals surface area contributed by atoms with Crippen molar-refractivity contribution in [1.29, 1.82) is 0 Å². The molecule has 1 aromatic carbocycles. The summed E-state index contributed by atoms with van der Waals surface area (Å²) in [6.45, 7) is 10.7. The summed E-state index contributed by atoms with van der Waals surface area (Å²) >= 11 is 0. The van der Waals surface area contributed by atoms with Gasteiger partial charge in [0.15, 0.2) is 11.5 Å². The Morgan fingerprint density at radius 3 is 2.36 bits per heavy atom. The Bertz CT molecular complexity index is 851. The van der Waals surface area contributed by atoms with E-state index in [1.807, 2.05) is 24.3 Å². The molecule has 2 fully saturated rings. The molecule has 3 rings (SSSR count). The zero-order valence-electron chi connectivity index (χ0n) is 20.0. The average Bonchev–Trinajstić information content (AvgIpc) is 2.85. The van der Waals surface area contributed by atoms with Crippen molar-refractivity contribution in [3.05, 3.63) is 60.3 Å². The van der Waals surface area contributed by atoms with Gasteiger partial charge in [-0.05, 0) is 61.5 Å². The summed E-state index contributed by atoms with van der Waals surface area (Å²) in [5.74, 6) is 1.95. The van der Waals surface area contributed by atoms with E-state index in [0.29, 0.717) is 5.91 Å². The second-order valence-corrected chi connectivity index (χ2v) is 8.68. The fraction of sp³-hybridized carbons (Fsp3) is 0.500. The van der Waals surface area contributed by atoms with Crippen molar-refractivity contribution in [1.82, 2.24) is 14.7 Å². The molecular weight excluding hydrogens is 416 g/mol. The van der Waals surface area contributed by atoms with E-state index in [0.717, 1.165) is 82.3 Å². The zero-order valence-corrected chi connectivity index (χ0v) is 20.0. The number of benzene rings is 1. The number of piperazine rings is 1. The Hall–Kier alpha value is -2.77. The molecule has 0 radical (unpaired) electrons. The van der Waals surface area contributed by atoms with Crippen molar-refractivity contribution in [2.75, 3.05) is 60.0 Å². The van der Waals surface area contributed by atoms with Crippen LogP contribution in [-0.4, -0.2) is 80.6 Å². The van der Waals surface area contributed by atoms with Gasteiger partial charge in [-0.1, -0.05) is 24.8 Å². The highest BCUT2D eigenvalue weighted by Crippen LogP contribution is 2.28. The number of hydrogen-bond donors (Lipinski definition) is 1. The van der Waals surface area contributed by atoms with Gasteiger partial charge in [0, 0.05) is 45.2 Å². The summed E-state index contributed by atoms with van der Waals surface area (Å²) in [4.78, 5) is 20.0. The second kappa shape index (κ2) is 12.5. The summed E-state index contributed by atoms with van der Waals surface area (Å²) < 4.78 is 10.7. The minimum atomic E-state index is 0.135. The molecule has 2 heterocycles. The van der Waals surface area contributed by atoms with E-state index in [-0.39, 0.29) is 5.92 Å². The van der Waals surface area contributed by atoms with Gasteiger partial charge in [0.1, 0.15) is 0 Å². The first-order valence-electron chi connectivity index (χ1n) is 11.7. The first-order valence-corrected chi connectivity index (χ1v) is 11.7. The number of likely N-dealkylation sites (tertiary alicyclic amines) is 1. The predicted octanol–water partition coefficient (Wildman–Crippen LogP) is 2.64. The molecule has 2 saturated heterocycles. The van der Waals surface area contributed by atoms with Crippen LogP contribution in [0.1, 0.15) is 18.4 Å². The van der Waals surface area contributed by atoms with Crippen LogP contribution in [0.25, 0.3) is 0 Å². The third-order valence-corrected chi connectivity index (χ3v) is 6.52. The van der Waals surface area contributed by atoms with Crippen LogP contribution in [-0.2, 0) is 11.3 Å². The largest absolute Gasteiger partial charge is 0.493 e. The number of rotatable bonds is 9. The quantitative estimate of drug-likeness (QED) is 0.579. The molecule has 1 aromatic rings. The lowest BCUT2D eigenvalue weighted by Gasteiger charge is -2.38. The molecule has 2 aliphatic rings. The highest BCUT2D eigenvalue weighted by Gasteiger charge is 2.30. The molecule has 0 aromatic heterocycles. The zero-order chi connectivity index (χ0) is 23.6. The van der Waals surface area contributed by atoms with E-state index in [9.17, 15) is 4.79 Å². The van der Waals surface area contributed by atoms with Gasteiger partial charge in [0.2, 0.25) is 5.91 Å². The maximum atomic E-state index is 13.1. The molecular formula is C26H38N4O3. The number of hydrogen-bond acceptors (Lipinski definition) is 6. The Morgan fingerprint density at radius 2 is 1.76 bits per heavy atom. The Balaban J connectivity index is 1.44. The van der Waals surface area contributed by atoms with Crippen molar-refractivity contribution in [2.45, 2.75) is 19.4 Å². The molecule has 33 heavy (non-hydrogen) atoms. The Kier molecular flexibility index (Phi) is 9.39. The first kappa shape index (κ1) is 24.9. The number of ether oxygens (including phenoxy) is 2. The van der Waals surface area contributed by atoms with E-state index < -0.39 is 0 Å². The Morgan fingerprint density at radius 1 is 1.06 bits per heavy atom. The molecule has 180 valence electrons. The van der Waals surface area contributed by atoms with E-state index in [4.69, 9.17) is 15.2 Å². The van der Waals surface area contributed by atoms with Gasteiger partial charge in [0.05, 0.1) is 14.2 Å². The first-order chi connectivity index (χ1) is 16.1. The summed E-state index contributed by atoms with van der Waals surface area (Å²) in [7, 11) is 3.30. The molecule has 0 atom stereocenters. The lowest BCUT2D eigenvalue weighted by Crippen LogP contribution is -2.51. The van der Waals surface area contributed by atoms with Crippen molar-refractivity contribution < 1.29 is 14.3 Å². The van der Waals surface area contributed by atoms with Crippen molar-refractivity contribution in [3.8, 4) is 11.5 Å². The molecule has 0 saturated carbocycles. The SMILES string of the molecule is C=C/C=C(\C=C/N)CN1CCC(C(=O)N2CCN(Cc3ccc(OC)c(OC)c3)CC2)CC1. The highest BCUT2D eigenvalue weighted by atomic mass is 16.5. The maximum absolute atomic E-state index is 13.1. The summed E-state index contributed by atoms with van der Waals surface area (Å²) in [5, 5.41) is 0. The van der Waals surface area contributed by atoms with Gasteiger partial charge in [0.25, 0.3) is 0 Å². The Labute approximate surface area is 198 Å². The monoisotopic (exact) mass is 454 g/mol. The van der Waals surface area contributed by atoms with E-state index in [2.05, 4.69) is 27.3 Å². The standard InChI is InChI=1S/C26H38N4O3/c1-4-5-21(8-11-27)19-28-12-9-23(10-13-28)26(31)30-16-14-29(15-17-30)20-22-6-7-24(32-2)25(18-22)33-3/h4-8,11,18,23H,1,9-10,12-17,19-20,27H2,2-3H3/b11-8-,21-5+. The minimum absolute atomic E-state index is 0.135. The third kappa shape index (κ3) is 6.85. The van der Waals surface area contributed by atoms with Gasteiger partial charge in [-0.3, -0.25) is 14.6 Å². The van der Waals surface area contributed by atoms with Crippen LogP contribution in [0.2, 0.25) is 0 Å². The fourth-order valence-corrected chi connectivity index (χ4v) is 4.65. The van der Waals surface area contributed by atoms with Crippen LogP contribution in [0.4, 0.5) is 0 Å². The normalized spacial score (nSPS) is 19.1. The van der Waals surface area contributed by atoms with Crippen LogP contribution in [0.15, 0.2) is 54.8 Å². The van der Waals surface area contributed by atoms with Crippen LogP contribution in [0.3, 0.4) is 0 Å². The topological polar surface area (TPSA) is 71.3 Å². The van der Waals surface area contributed by atoms with Gasteiger partial charge in [-0.2, -0.15) is 0 Å². The molecule has 1 amide bonds. The molecule has 7 heteroatoms. The summed E-state index contributed by atoms with van der Waals surface area (Å²) in [6, 6.07) is 6.05. The van der Waals surface area contributed by atoms with Crippen LogP contribution >= 0.6 is 0 Å². The molecule has 0 aliphatic carbocycles. The average molecular weight is 455 g/mol. The van der Waals surface area contributed by atoms with Crippen LogP contribution in [0, 0.1) is 5.92 Å². The predicted molar refractivity (Wildman–Crippen MR) is 132 cm³/mol. The third-order valence-electron chi connectivity index (χ3n) is 6.52. The molecule has 7 nitrogen and oxygen atoms in total. The molecule has 2 aliphatic heterocycles. The van der Waals surface area contributed by atoms with Gasteiger partial charge >= 0.3 is 0 Å². The van der Waals surface area contributed by atoms with Crippen molar-refractivity contribution >= 4 is 5.91 Å². The number of piperidine rings is 1. The van der Waals surface area contributed by atoms with Crippen molar-refractivity contribution in [2.24, 2.45) is 11.7 Å².